The van der Waals surface area contributed by atoms with Crippen LogP contribution in [0.4, 0.5) is 0 Å². The van der Waals surface area contributed by atoms with Crippen LogP contribution in [0.1, 0.15) is 10.9 Å². The van der Waals surface area contributed by atoms with Crippen LogP contribution >= 0.6 is 46.4 Å². The molecule has 0 saturated carbocycles. The zero-order valence-corrected chi connectivity index (χ0v) is 10.3. The molecule has 0 N–H and O–H groups in total. The van der Waals surface area contributed by atoms with Gasteiger partial charge in [-0.3, -0.25) is 0 Å². The van der Waals surface area contributed by atoms with Crippen LogP contribution in [0, 0.1) is 0 Å². The van der Waals surface area contributed by atoms with E-state index in [1.807, 2.05) is 0 Å². The number of methoxy groups -OCH3 is 1. The van der Waals surface area contributed by atoms with Gasteiger partial charge in [0.25, 0.3) is 0 Å². The first-order valence-electron chi connectivity index (χ1n) is 3.80. The normalized spacial score (nSPS) is 13.8. The lowest BCUT2D eigenvalue weighted by Gasteiger charge is -2.18. The summed E-state index contributed by atoms with van der Waals surface area (Å²) in [6.07, 6.45) is 0. The lowest BCUT2D eigenvalue weighted by molar-refractivity contribution is 0.414. The SMILES string of the molecule is COc1ccc(C(Cl)C(Cl)(Cl)Cl)cc1. The topological polar surface area (TPSA) is 9.23 Å². The van der Waals surface area contributed by atoms with Crippen molar-refractivity contribution in [2.45, 2.75) is 9.17 Å². The standard InChI is InChI=1S/C9H8Cl4O/c1-14-7-4-2-6(3-5-7)8(10)9(11,12)13/h2-5,8H,1H3. The summed E-state index contributed by atoms with van der Waals surface area (Å²) >= 11 is 22.9. The van der Waals surface area contributed by atoms with Gasteiger partial charge in [-0.2, -0.15) is 0 Å². The minimum absolute atomic E-state index is 0.668. The molecule has 0 aromatic heterocycles. The van der Waals surface area contributed by atoms with Gasteiger partial charge in [0.1, 0.15) is 11.1 Å². The van der Waals surface area contributed by atoms with Gasteiger partial charge in [0.15, 0.2) is 0 Å². The molecule has 14 heavy (non-hydrogen) atoms. The highest BCUT2D eigenvalue weighted by Crippen LogP contribution is 2.44. The van der Waals surface area contributed by atoms with Crippen LogP contribution in [-0.4, -0.2) is 10.9 Å². The van der Waals surface area contributed by atoms with E-state index >= 15 is 0 Å². The first-order valence-corrected chi connectivity index (χ1v) is 5.37. The summed E-state index contributed by atoms with van der Waals surface area (Å²) < 4.78 is 3.49. The molecule has 1 aromatic carbocycles. The second-order valence-corrected chi connectivity index (χ2v) is 5.48. The van der Waals surface area contributed by atoms with Gasteiger partial charge >= 0.3 is 0 Å². The summed E-state index contributed by atoms with van der Waals surface area (Å²) in [4.78, 5) is 0. The Bertz CT molecular complexity index is 291. The summed E-state index contributed by atoms with van der Waals surface area (Å²) in [7, 11) is 1.59. The lowest BCUT2D eigenvalue weighted by atomic mass is 10.1. The molecule has 78 valence electrons. The van der Waals surface area contributed by atoms with Crippen molar-refractivity contribution in [1.82, 2.24) is 0 Å². The van der Waals surface area contributed by atoms with Crippen molar-refractivity contribution in [1.29, 1.82) is 0 Å². The summed E-state index contributed by atoms with van der Waals surface area (Å²) in [6, 6.07) is 7.05. The molecule has 1 unspecified atom stereocenters. The Kier molecular flexibility index (Phi) is 4.20. The van der Waals surface area contributed by atoms with Gasteiger partial charge in [-0.15, -0.1) is 11.6 Å². The fourth-order valence-electron chi connectivity index (χ4n) is 0.962. The second kappa shape index (κ2) is 4.80. The third-order valence-electron chi connectivity index (χ3n) is 1.70. The summed E-state index contributed by atoms with van der Waals surface area (Å²) in [5.74, 6) is 0.738. The minimum Gasteiger partial charge on any atom is -0.497 e. The molecule has 0 heterocycles. The van der Waals surface area contributed by atoms with Crippen LogP contribution in [0.5, 0.6) is 5.75 Å². The Morgan fingerprint density at radius 2 is 1.64 bits per heavy atom. The molecule has 0 aliphatic rings. The van der Waals surface area contributed by atoms with E-state index in [1.54, 1.807) is 31.4 Å². The van der Waals surface area contributed by atoms with Gasteiger partial charge in [0.05, 0.1) is 7.11 Å². The molecule has 1 atom stereocenters. The molecule has 0 amide bonds. The highest BCUT2D eigenvalue weighted by molar-refractivity contribution is 6.70. The third kappa shape index (κ3) is 3.09. The van der Waals surface area contributed by atoms with Crippen LogP contribution < -0.4 is 4.74 Å². The average molecular weight is 274 g/mol. The third-order valence-corrected chi connectivity index (χ3v) is 3.26. The van der Waals surface area contributed by atoms with Gasteiger partial charge < -0.3 is 4.74 Å². The van der Waals surface area contributed by atoms with E-state index in [0.29, 0.717) is 0 Å². The second-order valence-electron chi connectivity index (χ2n) is 2.68. The maximum Gasteiger partial charge on any atom is 0.210 e. The molecule has 0 fully saturated rings. The molecule has 0 aliphatic carbocycles. The van der Waals surface area contributed by atoms with E-state index in [1.165, 1.54) is 0 Å². The number of benzene rings is 1. The molecule has 0 saturated heterocycles. The van der Waals surface area contributed by atoms with Crippen molar-refractivity contribution in [3.8, 4) is 5.75 Å². The largest absolute Gasteiger partial charge is 0.497 e. The monoisotopic (exact) mass is 272 g/mol. The van der Waals surface area contributed by atoms with Crippen LogP contribution in [0.15, 0.2) is 24.3 Å². The zero-order valence-electron chi connectivity index (χ0n) is 7.31. The fraction of sp³-hybridized carbons (Fsp3) is 0.333. The molecular formula is C9H8Cl4O. The van der Waals surface area contributed by atoms with Gasteiger partial charge in [-0.05, 0) is 17.7 Å². The fourth-order valence-corrected chi connectivity index (χ4v) is 1.49. The quantitative estimate of drug-likeness (QED) is 0.728. The number of rotatable bonds is 2. The molecule has 0 radical (unpaired) electrons. The van der Waals surface area contributed by atoms with Gasteiger partial charge in [0, 0.05) is 0 Å². The number of hydrogen-bond donors (Lipinski definition) is 0. The Labute approximate surface area is 103 Å². The molecule has 5 heteroatoms. The van der Waals surface area contributed by atoms with E-state index in [9.17, 15) is 0 Å². The Morgan fingerprint density at radius 1 is 1.14 bits per heavy atom. The lowest BCUT2D eigenvalue weighted by Crippen LogP contribution is -2.11. The Balaban J connectivity index is 2.87. The van der Waals surface area contributed by atoms with Gasteiger partial charge in [-0.25, -0.2) is 0 Å². The smallest absolute Gasteiger partial charge is 0.210 e. The van der Waals surface area contributed by atoms with Crippen molar-refractivity contribution < 1.29 is 4.74 Å². The van der Waals surface area contributed by atoms with Crippen molar-refractivity contribution in [3.63, 3.8) is 0 Å². The molecule has 1 rings (SSSR count). The van der Waals surface area contributed by atoms with Crippen molar-refractivity contribution in [2.24, 2.45) is 0 Å². The van der Waals surface area contributed by atoms with Crippen LogP contribution in [-0.2, 0) is 0 Å². The number of alkyl halides is 4. The van der Waals surface area contributed by atoms with Crippen LogP contribution in [0.2, 0.25) is 0 Å². The molecule has 0 aliphatic heterocycles. The summed E-state index contributed by atoms with van der Waals surface area (Å²) in [6.45, 7) is 0. The average Bonchev–Trinajstić information content (AvgIpc) is 2.15. The highest BCUT2D eigenvalue weighted by atomic mass is 35.6. The minimum atomic E-state index is -1.50. The highest BCUT2D eigenvalue weighted by Gasteiger charge is 2.31. The van der Waals surface area contributed by atoms with E-state index < -0.39 is 9.17 Å². The molecule has 1 nitrogen and oxygen atoms in total. The van der Waals surface area contributed by atoms with E-state index in [0.717, 1.165) is 11.3 Å². The van der Waals surface area contributed by atoms with E-state index in [4.69, 9.17) is 51.1 Å². The maximum atomic E-state index is 5.94. The van der Waals surface area contributed by atoms with Crippen molar-refractivity contribution in [2.75, 3.05) is 7.11 Å². The number of ether oxygens (including phenoxy) is 1. The van der Waals surface area contributed by atoms with Gasteiger partial charge in [0.2, 0.25) is 3.79 Å². The molecular weight excluding hydrogens is 266 g/mol. The molecule has 1 aromatic rings. The first kappa shape index (κ1) is 12.3. The summed E-state index contributed by atoms with van der Waals surface area (Å²) in [5.41, 5.74) is 0.743. The van der Waals surface area contributed by atoms with Crippen molar-refractivity contribution in [3.05, 3.63) is 29.8 Å². The predicted octanol–water partition coefficient (Wildman–Crippen LogP) is 4.35. The predicted molar refractivity (Wildman–Crippen MR) is 61.9 cm³/mol. The molecule has 0 spiro atoms. The van der Waals surface area contributed by atoms with E-state index in [-0.39, 0.29) is 0 Å². The first-order chi connectivity index (χ1) is 6.45. The van der Waals surface area contributed by atoms with Crippen LogP contribution in [0.25, 0.3) is 0 Å². The zero-order chi connectivity index (χ0) is 10.8. The number of halogens is 4. The van der Waals surface area contributed by atoms with Crippen LogP contribution in [0.3, 0.4) is 0 Å². The number of hydrogen-bond acceptors (Lipinski definition) is 1. The van der Waals surface area contributed by atoms with Gasteiger partial charge in [-0.1, -0.05) is 46.9 Å². The summed E-state index contributed by atoms with van der Waals surface area (Å²) in [5, 5.41) is -0.668. The Hall–Kier alpha value is 0.180. The van der Waals surface area contributed by atoms with Crippen molar-refractivity contribution >= 4 is 46.4 Å². The van der Waals surface area contributed by atoms with E-state index in [2.05, 4.69) is 0 Å². The Morgan fingerprint density at radius 3 is 2.00 bits per heavy atom. The molecule has 0 bridgehead atoms. The maximum absolute atomic E-state index is 5.94.